The molecule has 0 bridgehead atoms. The summed E-state index contributed by atoms with van der Waals surface area (Å²) in [7, 11) is 0. The van der Waals surface area contributed by atoms with Crippen molar-refractivity contribution in [1.29, 1.82) is 0 Å². The number of hydrogen-bond acceptors (Lipinski definition) is 3. The number of nitrogen functional groups attached to an aromatic ring is 1. The number of hydrogen-bond donors (Lipinski definition) is 2. The van der Waals surface area contributed by atoms with Crippen LogP contribution in [-0.4, -0.2) is 22.7 Å². The van der Waals surface area contributed by atoms with Crippen molar-refractivity contribution in [3.8, 4) is 0 Å². The zero-order valence-electron chi connectivity index (χ0n) is 10.1. The molecule has 4 nitrogen and oxygen atoms in total. The topological polar surface area (TPSA) is 63.9 Å². The Hall–Kier alpha value is -1.26. The normalized spacial score (nSPS) is 20.4. The molecule has 1 atom stereocenters. The summed E-state index contributed by atoms with van der Waals surface area (Å²) in [5.41, 5.74) is 8.21. The Morgan fingerprint density at radius 1 is 1.44 bits per heavy atom. The highest BCUT2D eigenvalue weighted by Gasteiger charge is 2.17. The molecule has 1 saturated heterocycles. The molecule has 1 aromatic heterocycles. The summed E-state index contributed by atoms with van der Waals surface area (Å²) in [6.07, 6.45) is 4.59. The number of rotatable bonds is 2. The number of aromatic nitrogens is 2. The van der Waals surface area contributed by atoms with Gasteiger partial charge in [0.15, 0.2) is 0 Å². The van der Waals surface area contributed by atoms with Gasteiger partial charge in [-0.3, -0.25) is 0 Å². The number of nitrogens with two attached hydrogens (primary N) is 1. The molecule has 1 aliphatic rings. The van der Waals surface area contributed by atoms with Gasteiger partial charge in [-0.1, -0.05) is 11.6 Å². The number of ether oxygens (including phenoxy) is 1. The van der Waals surface area contributed by atoms with E-state index in [1.54, 1.807) is 6.07 Å². The lowest BCUT2D eigenvalue weighted by atomic mass is 10.1. The first kappa shape index (κ1) is 11.8. The number of aromatic amines is 1. The van der Waals surface area contributed by atoms with Crippen molar-refractivity contribution >= 4 is 28.3 Å². The number of nitrogens with zero attached hydrogens (tertiary/aromatic N) is 1. The van der Waals surface area contributed by atoms with Crippen LogP contribution in [0.1, 0.15) is 25.1 Å². The van der Waals surface area contributed by atoms with Gasteiger partial charge in [0.1, 0.15) is 11.3 Å². The lowest BCUT2D eigenvalue weighted by Gasteiger charge is -2.21. The fraction of sp³-hybridized carbons (Fsp3) is 0.462. The molecule has 2 aromatic rings. The van der Waals surface area contributed by atoms with E-state index in [1.807, 2.05) is 6.07 Å². The number of benzene rings is 1. The zero-order valence-corrected chi connectivity index (χ0v) is 10.8. The van der Waals surface area contributed by atoms with Crippen LogP contribution in [0.2, 0.25) is 5.02 Å². The standard InChI is InChI=1S/C13H16ClN3O/c14-8-5-10(15)13-11(6-8)16-12(17-13)7-9-3-1-2-4-18-9/h5-6,9H,1-4,7,15H2,(H,16,17). The van der Waals surface area contributed by atoms with Crippen molar-refractivity contribution in [1.82, 2.24) is 9.97 Å². The van der Waals surface area contributed by atoms with Crippen LogP contribution in [0.25, 0.3) is 11.0 Å². The minimum absolute atomic E-state index is 0.274. The van der Waals surface area contributed by atoms with Crippen molar-refractivity contribution in [3.63, 3.8) is 0 Å². The third kappa shape index (κ3) is 2.31. The second-order valence-corrected chi connectivity index (χ2v) is 5.20. The molecule has 0 amide bonds. The van der Waals surface area contributed by atoms with E-state index in [4.69, 9.17) is 22.1 Å². The molecule has 0 saturated carbocycles. The number of fused-ring (bicyclic) bond motifs is 1. The SMILES string of the molecule is Nc1cc(Cl)cc2[nH]c(CC3CCCCO3)nc12. The van der Waals surface area contributed by atoms with E-state index in [1.165, 1.54) is 12.8 Å². The lowest BCUT2D eigenvalue weighted by Crippen LogP contribution is -2.21. The average Bonchev–Trinajstić information content (AvgIpc) is 2.73. The van der Waals surface area contributed by atoms with Gasteiger partial charge < -0.3 is 15.5 Å². The smallest absolute Gasteiger partial charge is 0.112 e. The highest BCUT2D eigenvalue weighted by molar-refractivity contribution is 6.31. The van der Waals surface area contributed by atoms with E-state index in [9.17, 15) is 0 Å². The Morgan fingerprint density at radius 3 is 3.11 bits per heavy atom. The van der Waals surface area contributed by atoms with Crippen LogP contribution in [0.3, 0.4) is 0 Å². The Labute approximate surface area is 110 Å². The number of halogens is 1. The number of anilines is 1. The van der Waals surface area contributed by atoms with E-state index >= 15 is 0 Å². The van der Waals surface area contributed by atoms with Crippen LogP contribution in [0.4, 0.5) is 5.69 Å². The van der Waals surface area contributed by atoms with Gasteiger partial charge in [0.25, 0.3) is 0 Å². The van der Waals surface area contributed by atoms with Gasteiger partial charge in [-0.2, -0.15) is 0 Å². The van der Waals surface area contributed by atoms with E-state index in [-0.39, 0.29) is 6.10 Å². The molecule has 2 heterocycles. The van der Waals surface area contributed by atoms with Gasteiger partial charge in [0, 0.05) is 18.1 Å². The largest absolute Gasteiger partial charge is 0.397 e. The van der Waals surface area contributed by atoms with Crippen molar-refractivity contribution < 1.29 is 4.74 Å². The van der Waals surface area contributed by atoms with E-state index in [2.05, 4.69) is 9.97 Å². The number of imidazole rings is 1. The Kier molecular flexibility index (Phi) is 3.14. The lowest BCUT2D eigenvalue weighted by molar-refractivity contribution is 0.0158. The summed E-state index contributed by atoms with van der Waals surface area (Å²) in [4.78, 5) is 7.80. The minimum Gasteiger partial charge on any atom is -0.397 e. The Bertz CT molecular complexity index is 561. The molecule has 0 radical (unpaired) electrons. The summed E-state index contributed by atoms with van der Waals surface area (Å²) in [5.74, 6) is 0.922. The molecule has 0 spiro atoms. The van der Waals surface area contributed by atoms with Crippen LogP contribution in [-0.2, 0) is 11.2 Å². The van der Waals surface area contributed by atoms with Gasteiger partial charge >= 0.3 is 0 Å². The van der Waals surface area contributed by atoms with Crippen molar-refractivity contribution in [3.05, 3.63) is 23.0 Å². The van der Waals surface area contributed by atoms with Gasteiger partial charge in [-0.15, -0.1) is 0 Å². The van der Waals surface area contributed by atoms with Gasteiger partial charge in [-0.25, -0.2) is 4.98 Å². The van der Waals surface area contributed by atoms with Crippen LogP contribution in [0.15, 0.2) is 12.1 Å². The fourth-order valence-corrected chi connectivity index (χ4v) is 2.67. The maximum atomic E-state index is 5.97. The van der Waals surface area contributed by atoms with Crippen molar-refractivity contribution in [2.75, 3.05) is 12.3 Å². The monoisotopic (exact) mass is 265 g/mol. The second kappa shape index (κ2) is 4.78. The van der Waals surface area contributed by atoms with Crippen LogP contribution in [0, 0.1) is 0 Å². The van der Waals surface area contributed by atoms with Crippen LogP contribution < -0.4 is 5.73 Å². The quantitative estimate of drug-likeness (QED) is 0.821. The van der Waals surface area contributed by atoms with Crippen LogP contribution >= 0.6 is 11.6 Å². The molecule has 5 heteroatoms. The zero-order chi connectivity index (χ0) is 12.5. The molecule has 3 rings (SSSR count). The molecule has 18 heavy (non-hydrogen) atoms. The molecule has 0 aliphatic carbocycles. The third-order valence-electron chi connectivity index (χ3n) is 3.32. The Balaban J connectivity index is 1.86. The molecular formula is C13H16ClN3O. The summed E-state index contributed by atoms with van der Waals surface area (Å²) in [6.45, 7) is 0.860. The first-order valence-corrected chi connectivity index (χ1v) is 6.65. The highest BCUT2D eigenvalue weighted by Crippen LogP contribution is 2.25. The number of nitrogens with one attached hydrogen (secondary N) is 1. The average molecular weight is 266 g/mol. The first-order valence-electron chi connectivity index (χ1n) is 6.27. The van der Waals surface area contributed by atoms with Crippen LogP contribution in [0.5, 0.6) is 0 Å². The molecule has 1 aliphatic heterocycles. The minimum atomic E-state index is 0.274. The van der Waals surface area contributed by atoms with E-state index in [0.717, 1.165) is 36.3 Å². The Morgan fingerprint density at radius 2 is 2.33 bits per heavy atom. The maximum absolute atomic E-state index is 5.97. The number of H-pyrrole nitrogens is 1. The molecule has 1 aromatic carbocycles. The highest BCUT2D eigenvalue weighted by atomic mass is 35.5. The van der Waals surface area contributed by atoms with Gasteiger partial charge in [0.05, 0.1) is 17.3 Å². The molecule has 96 valence electrons. The van der Waals surface area contributed by atoms with E-state index in [0.29, 0.717) is 10.7 Å². The molecular weight excluding hydrogens is 250 g/mol. The predicted octanol–water partition coefficient (Wildman–Crippen LogP) is 2.91. The summed E-state index contributed by atoms with van der Waals surface area (Å²) in [5, 5.41) is 0.629. The third-order valence-corrected chi connectivity index (χ3v) is 3.54. The first-order chi connectivity index (χ1) is 8.72. The summed E-state index contributed by atoms with van der Waals surface area (Å²) < 4.78 is 5.71. The molecule has 1 unspecified atom stereocenters. The molecule has 3 N–H and O–H groups in total. The summed E-state index contributed by atoms with van der Waals surface area (Å²) >= 11 is 5.97. The summed E-state index contributed by atoms with van der Waals surface area (Å²) in [6, 6.07) is 3.58. The maximum Gasteiger partial charge on any atom is 0.112 e. The van der Waals surface area contributed by atoms with Crippen molar-refractivity contribution in [2.24, 2.45) is 0 Å². The second-order valence-electron chi connectivity index (χ2n) is 4.77. The van der Waals surface area contributed by atoms with Gasteiger partial charge in [0.2, 0.25) is 0 Å². The van der Waals surface area contributed by atoms with Crippen molar-refractivity contribution in [2.45, 2.75) is 31.8 Å². The van der Waals surface area contributed by atoms with E-state index < -0.39 is 0 Å². The predicted molar refractivity (Wildman–Crippen MR) is 72.8 cm³/mol. The van der Waals surface area contributed by atoms with Gasteiger partial charge in [-0.05, 0) is 31.4 Å². The fourth-order valence-electron chi connectivity index (χ4n) is 2.44. The molecule has 1 fully saturated rings.